The van der Waals surface area contributed by atoms with Crippen LogP contribution in [-0.2, 0) is 22.4 Å². The van der Waals surface area contributed by atoms with Crippen LogP contribution in [0.3, 0.4) is 0 Å². The van der Waals surface area contributed by atoms with E-state index in [1.807, 2.05) is 17.6 Å². The normalized spacial score (nSPS) is 19.2. The highest BCUT2D eigenvalue weighted by Gasteiger charge is 2.23. The average molecular weight is 343 g/mol. The number of hydrogen-bond donors (Lipinski definition) is 1. The third-order valence-electron chi connectivity index (χ3n) is 4.77. The Morgan fingerprint density at radius 2 is 2.20 bits per heavy atom. The lowest BCUT2D eigenvalue weighted by molar-refractivity contribution is -0.102. The molecular formula is C19H21NO5. The van der Waals surface area contributed by atoms with Crippen LogP contribution < -0.4 is 10.2 Å². The van der Waals surface area contributed by atoms with E-state index in [2.05, 4.69) is 0 Å². The molecule has 2 aliphatic rings. The fourth-order valence-corrected chi connectivity index (χ4v) is 3.48. The average Bonchev–Trinajstić information content (AvgIpc) is 2.63. The van der Waals surface area contributed by atoms with E-state index in [1.54, 1.807) is 18.2 Å². The number of benzene rings is 1. The molecule has 1 atom stereocenters. The van der Waals surface area contributed by atoms with Gasteiger partial charge in [-0.05, 0) is 37.1 Å². The number of rotatable bonds is 3. The van der Waals surface area contributed by atoms with Crippen LogP contribution in [0.1, 0.15) is 11.1 Å². The molecule has 1 saturated heterocycles. The molecule has 1 aromatic carbocycles. The molecule has 1 aromatic heterocycles. The van der Waals surface area contributed by atoms with Crippen molar-refractivity contribution in [2.75, 3.05) is 26.4 Å². The van der Waals surface area contributed by atoms with Gasteiger partial charge in [-0.25, -0.2) is 0 Å². The minimum Gasteiger partial charge on any atom is -0.508 e. The first-order chi connectivity index (χ1) is 12.1. The zero-order chi connectivity index (χ0) is 17.4. The van der Waals surface area contributed by atoms with Gasteiger partial charge in [-0.15, -0.1) is 0 Å². The molecule has 132 valence electrons. The van der Waals surface area contributed by atoms with Gasteiger partial charge in [-0.3, -0.25) is 4.79 Å². The maximum absolute atomic E-state index is 12.4. The van der Waals surface area contributed by atoms with Crippen molar-refractivity contribution in [3.8, 4) is 22.9 Å². The Hall–Kier alpha value is -2.31. The van der Waals surface area contributed by atoms with Crippen LogP contribution in [0.15, 0.2) is 29.1 Å². The molecule has 1 unspecified atom stereocenters. The number of aromatic nitrogens is 1. The number of phenolic OH excluding ortho intramolecular Hbond substituents is 1. The van der Waals surface area contributed by atoms with Gasteiger partial charge in [0.1, 0.15) is 18.5 Å². The van der Waals surface area contributed by atoms with Crippen molar-refractivity contribution in [2.45, 2.75) is 26.0 Å². The summed E-state index contributed by atoms with van der Waals surface area (Å²) in [6.07, 6.45) is 0.660. The smallest absolute Gasteiger partial charge is 0.197 e. The van der Waals surface area contributed by atoms with Crippen LogP contribution >= 0.6 is 0 Å². The Bertz CT molecular complexity index is 852. The van der Waals surface area contributed by atoms with E-state index in [4.69, 9.17) is 14.2 Å². The zero-order valence-corrected chi connectivity index (χ0v) is 14.2. The van der Waals surface area contributed by atoms with E-state index in [0.29, 0.717) is 44.4 Å². The maximum atomic E-state index is 12.4. The summed E-state index contributed by atoms with van der Waals surface area (Å²) in [5.41, 5.74) is 3.52. The van der Waals surface area contributed by atoms with E-state index < -0.39 is 0 Å². The van der Waals surface area contributed by atoms with Gasteiger partial charge in [0.05, 0.1) is 25.5 Å². The Balaban J connectivity index is 1.70. The van der Waals surface area contributed by atoms with Gasteiger partial charge >= 0.3 is 0 Å². The predicted octanol–water partition coefficient (Wildman–Crippen LogP) is 1.88. The molecule has 1 fully saturated rings. The molecule has 3 heterocycles. The number of hydrogen-bond acceptors (Lipinski definition) is 5. The van der Waals surface area contributed by atoms with Crippen LogP contribution in [0.2, 0.25) is 0 Å². The second kappa shape index (κ2) is 6.54. The number of nitrogens with zero attached hydrogens (tertiary/aromatic N) is 1. The van der Waals surface area contributed by atoms with Gasteiger partial charge < -0.3 is 23.9 Å². The predicted molar refractivity (Wildman–Crippen MR) is 92.3 cm³/mol. The second-order valence-electron chi connectivity index (χ2n) is 6.44. The number of aryl methyl sites for hydroxylation is 1. The van der Waals surface area contributed by atoms with Crippen molar-refractivity contribution in [3.05, 3.63) is 45.6 Å². The number of fused-ring (bicyclic) bond motifs is 3. The molecule has 6 nitrogen and oxygen atoms in total. The third-order valence-corrected chi connectivity index (χ3v) is 4.77. The Morgan fingerprint density at radius 1 is 1.32 bits per heavy atom. The fourth-order valence-electron chi connectivity index (χ4n) is 3.48. The SMILES string of the molecule is Cc1c2n(c(OCC3COCCO3)cc1=O)CCc1cc(O)ccc1-2. The van der Waals surface area contributed by atoms with Crippen molar-refractivity contribution < 1.29 is 19.3 Å². The summed E-state index contributed by atoms with van der Waals surface area (Å²) < 4.78 is 19.0. The van der Waals surface area contributed by atoms with Crippen LogP contribution in [-0.4, -0.2) is 42.2 Å². The first-order valence-electron chi connectivity index (χ1n) is 8.52. The molecule has 4 rings (SSSR count). The molecule has 0 spiro atoms. The topological polar surface area (TPSA) is 69.9 Å². The molecule has 0 bridgehead atoms. The molecule has 0 saturated carbocycles. The van der Waals surface area contributed by atoms with Gasteiger partial charge in [-0.1, -0.05) is 0 Å². The van der Waals surface area contributed by atoms with E-state index in [1.165, 1.54) is 0 Å². The number of phenols is 1. The molecular weight excluding hydrogens is 322 g/mol. The molecule has 2 aromatic rings. The molecule has 25 heavy (non-hydrogen) atoms. The maximum Gasteiger partial charge on any atom is 0.197 e. The fraction of sp³-hybridized carbons (Fsp3) is 0.421. The number of ether oxygens (including phenoxy) is 3. The van der Waals surface area contributed by atoms with Crippen LogP contribution in [0, 0.1) is 6.92 Å². The van der Waals surface area contributed by atoms with Crippen LogP contribution in [0.5, 0.6) is 11.6 Å². The van der Waals surface area contributed by atoms with Gasteiger partial charge in [0.15, 0.2) is 11.3 Å². The second-order valence-corrected chi connectivity index (χ2v) is 6.44. The Morgan fingerprint density at radius 3 is 3.00 bits per heavy atom. The van der Waals surface area contributed by atoms with E-state index >= 15 is 0 Å². The highest BCUT2D eigenvalue weighted by atomic mass is 16.6. The largest absolute Gasteiger partial charge is 0.508 e. The standard InChI is InChI=1S/C19H21NO5/c1-12-17(22)9-18(25-11-15-10-23-6-7-24-15)20-5-4-13-8-14(21)2-3-16(13)19(12)20/h2-3,8-9,15,21H,4-7,10-11H2,1H3. The minimum absolute atomic E-state index is 0.0528. The van der Waals surface area contributed by atoms with Gasteiger partial charge in [-0.2, -0.15) is 0 Å². The lowest BCUT2D eigenvalue weighted by Gasteiger charge is -2.28. The van der Waals surface area contributed by atoms with Crippen molar-refractivity contribution in [2.24, 2.45) is 0 Å². The zero-order valence-electron chi connectivity index (χ0n) is 14.2. The number of pyridine rings is 1. The first kappa shape index (κ1) is 16.2. The van der Waals surface area contributed by atoms with Crippen molar-refractivity contribution in [1.29, 1.82) is 0 Å². The van der Waals surface area contributed by atoms with Crippen LogP contribution in [0.25, 0.3) is 11.3 Å². The molecule has 0 aliphatic carbocycles. The summed E-state index contributed by atoms with van der Waals surface area (Å²) in [7, 11) is 0. The summed E-state index contributed by atoms with van der Waals surface area (Å²) in [4.78, 5) is 12.4. The quantitative estimate of drug-likeness (QED) is 0.921. The van der Waals surface area contributed by atoms with E-state index in [9.17, 15) is 9.90 Å². The van der Waals surface area contributed by atoms with Gasteiger partial charge in [0, 0.05) is 23.7 Å². The monoisotopic (exact) mass is 343 g/mol. The minimum atomic E-state index is -0.116. The Kier molecular flexibility index (Phi) is 4.23. The summed E-state index contributed by atoms with van der Waals surface area (Å²) in [5.74, 6) is 0.799. The molecule has 6 heteroatoms. The molecule has 1 N–H and O–H groups in total. The Labute approximate surface area is 145 Å². The summed E-state index contributed by atoms with van der Waals surface area (Å²) in [6.45, 7) is 4.56. The van der Waals surface area contributed by atoms with Gasteiger partial charge in [0.25, 0.3) is 0 Å². The first-order valence-corrected chi connectivity index (χ1v) is 8.52. The lowest BCUT2D eigenvalue weighted by Crippen LogP contribution is -2.34. The highest BCUT2D eigenvalue weighted by Crippen LogP contribution is 2.35. The van der Waals surface area contributed by atoms with E-state index in [-0.39, 0.29) is 17.3 Å². The van der Waals surface area contributed by atoms with Crippen LogP contribution in [0.4, 0.5) is 0 Å². The van der Waals surface area contributed by atoms with Crippen molar-refractivity contribution in [1.82, 2.24) is 4.57 Å². The summed E-state index contributed by atoms with van der Waals surface area (Å²) >= 11 is 0. The van der Waals surface area contributed by atoms with Crippen molar-refractivity contribution in [3.63, 3.8) is 0 Å². The third kappa shape index (κ3) is 3.03. The van der Waals surface area contributed by atoms with E-state index in [0.717, 1.165) is 23.2 Å². The summed E-state index contributed by atoms with van der Waals surface area (Å²) in [5, 5.41) is 9.72. The molecule has 2 aliphatic heterocycles. The summed E-state index contributed by atoms with van der Waals surface area (Å²) in [6, 6.07) is 6.83. The molecule has 0 radical (unpaired) electrons. The van der Waals surface area contributed by atoms with Gasteiger partial charge in [0.2, 0.25) is 0 Å². The van der Waals surface area contributed by atoms with Crippen molar-refractivity contribution >= 4 is 0 Å². The molecule has 0 amide bonds. The number of aromatic hydroxyl groups is 1. The lowest BCUT2D eigenvalue weighted by atomic mass is 9.94. The highest BCUT2D eigenvalue weighted by molar-refractivity contribution is 5.70.